The highest BCUT2D eigenvalue weighted by Crippen LogP contribution is 2.31. The first-order valence-corrected chi connectivity index (χ1v) is 12.1. The minimum absolute atomic E-state index is 0.554. The molecule has 3 heterocycles. The van der Waals surface area contributed by atoms with Gasteiger partial charge in [0.05, 0.1) is 6.61 Å². The fraction of sp³-hybridized carbons (Fsp3) is 0.440. The summed E-state index contributed by atoms with van der Waals surface area (Å²) in [4.78, 5) is 5.12. The van der Waals surface area contributed by atoms with Crippen LogP contribution >= 0.6 is 11.3 Å². The summed E-state index contributed by atoms with van der Waals surface area (Å²) >= 11 is 1.83. The molecule has 1 saturated heterocycles. The molecule has 2 aromatic carbocycles. The predicted molar refractivity (Wildman–Crippen MR) is 128 cm³/mol. The van der Waals surface area contributed by atoms with Gasteiger partial charge in [-0.2, -0.15) is 0 Å². The van der Waals surface area contributed by atoms with Gasteiger partial charge >= 0.3 is 0 Å². The molecule has 2 aliphatic heterocycles. The van der Waals surface area contributed by atoms with Crippen molar-refractivity contribution in [2.45, 2.75) is 32.2 Å². The Kier molecular flexibility index (Phi) is 5.82. The van der Waals surface area contributed by atoms with E-state index in [1.807, 2.05) is 11.3 Å². The number of thiophene rings is 1. The first-order valence-electron chi connectivity index (χ1n) is 11.2. The van der Waals surface area contributed by atoms with Crippen LogP contribution in [0.2, 0.25) is 0 Å². The minimum atomic E-state index is 0.554. The highest BCUT2D eigenvalue weighted by molar-refractivity contribution is 7.17. The Labute approximate surface area is 183 Å². The maximum Gasteiger partial charge on any atom is 0.121 e. The molecule has 2 aliphatic rings. The molecule has 1 unspecified atom stereocenters. The summed E-state index contributed by atoms with van der Waals surface area (Å²) in [5.74, 6) is 0.990. The van der Waals surface area contributed by atoms with Crippen LogP contribution in [0.5, 0.6) is 5.75 Å². The van der Waals surface area contributed by atoms with Gasteiger partial charge in [-0.3, -0.25) is 4.90 Å². The number of aryl methyl sites for hydroxylation is 1. The van der Waals surface area contributed by atoms with Crippen molar-refractivity contribution >= 4 is 32.8 Å². The number of fused-ring (bicyclic) bond motifs is 2. The van der Waals surface area contributed by atoms with E-state index in [1.165, 1.54) is 33.4 Å². The van der Waals surface area contributed by atoms with Gasteiger partial charge in [-0.05, 0) is 61.4 Å². The highest BCUT2D eigenvalue weighted by Gasteiger charge is 2.19. The van der Waals surface area contributed by atoms with E-state index in [-0.39, 0.29) is 0 Å². The van der Waals surface area contributed by atoms with Gasteiger partial charge in [0.15, 0.2) is 0 Å². The molecule has 0 amide bonds. The van der Waals surface area contributed by atoms with Gasteiger partial charge < -0.3 is 15.0 Å². The third-order valence-electron chi connectivity index (χ3n) is 6.40. The lowest BCUT2D eigenvalue weighted by Crippen LogP contribution is -2.46. The lowest BCUT2D eigenvalue weighted by atomic mass is 9.99. The van der Waals surface area contributed by atoms with Gasteiger partial charge in [0.2, 0.25) is 0 Å². The van der Waals surface area contributed by atoms with Crippen LogP contribution in [0.4, 0.5) is 11.4 Å². The fourth-order valence-electron chi connectivity index (χ4n) is 4.65. The molecule has 30 heavy (non-hydrogen) atoms. The number of hydrogen-bond acceptors (Lipinski definition) is 5. The zero-order valence-corrected chi connectivity index (χ0v) is 18.6. The Morgan fingerprint density at radius 2 is 2.00 bits per heavy atom. The molecule has 0 saturated carbocycles. The van der Waals surface area contributed by atoms with E-state index in [1.54, 1.807) is 0 Å². The van der Waals surface area contributed by atoms with Crippen LogP contribution in [-0.2, 0) is 6.42 Å². The molecule has 4 nitrogen and oxygen atoms in total. The number of nitrogens with zero attached hydrogens (tertiary/aromatic N) is 2. The first-order chi connectivity index (χ1) is 14.8. The van der Waals surface area contributed by atoms with Crippen molar-refractivity contribution < 1.29 is 4.74 Å². The van der Waals surface area contributed by atoms with E-state index < -0.39 is 0 Å². The van der Waals surface area contributed by atoms with Crippen molar-refractivity contribution in [1.82, 2.24) is 4.90 Å². The van der Waals surface area contributed by atoms with E-state index in [0.29, 0.717) is 6.04 Å². The van der Waals surface area contributed by atoms with Gasteiger partial charge in [-0.15, -0.1) is 11.3 Å². The van der Waals surface area contributed by atoms with Crippen molar-refractivity contribution in [2.75, 3.05) is 49.5 Å². The molecule has 1 aromatic heterocycles. The second-order valence-electron chi connectivity index (χ2n) is 8.54. The van der Waals surface area contributed by atoms with Crippen LogP contribution in [-0.4, -0.2) is 50.3 Å². The normalized spacial score (nSPS) is 19.5. The van der Waals surface area contributed by atoms with Crippen molar-refractivity contribution in [3.05, 3.63) is 53.4 Å². The molecule has 1 N–H and O–H groups in total. The number of nitrogens with one attached hydrogen (secondary N) is 1. The van der Waals surface area contributed by atoms with E-state index in [0.717, 1.165) is 57.9 Å². The number of anilines is 2. The fourth-order valence-corrected chi connectivity index (χ4v) is 5.46. The quantitative estimate of drug-likeness (QED) is 0.551. The summed E-state index contributed by atoms with van der Waals surface area (Å²) < 4.78 is 7.44. The van der Waals surface area contributed by atoms with Crippen LogP contribution < -0.4 is 15.0 Å². The second kappa shape index (κ2) is 8.86. The Morgan fingerprint density at radius 1 is 1.10 bits per heavy atom. The standard InChI is InChI=1S/C25H31N3OS/c1-19-6-7-20-8-9-21(18-23(20)26-19)29-16-3-11-27-12-14-28(15-13-27)24-4-2-5-25-22(24)10-17-30-25/h2,4-5,8-10,17-19,26H,3,6-7,11-16H2,1H3. The summed E-state index contributed by atoms with van der Waals surface area (Å²) in [6, 6.07) is 16.0. The minimum Gasteiger partial charge on any atom is -0.493 e. The smallest absolute Gasteiger partial charge is 0.121 e. The number of benzene rings is 2. The van der Waals surface area contributed by atoms with E-state index in [2.05, 4.69) is 69.9 Å². The van der Waals surface area contributed by atoms with Crippen LogP contribution in [0.15, 0.2) is 47.8 Å². The topological polar surface area (TPSA) is 27.7 Å². The summed E-state index contributed by atoms with van der Waals surface area (Å²) in [7, 11) is 0. The van der Waals surface area contributed by atoms with E-state index in [9.17, 15) is 0 Å². The van der Waals surface area contributed by atoms with Gasteiger partial charge in [0.1, 0.15) is 5.75 Å². The van der Waals surface area contributed by atoms with Crippen LogP contribution in [0.3, 0.4) is 0 Å². The van der Waals surface area contributed by atoms with Gasteiger partial charge in [-0.1, -0.05) is 12.1 Å². The highest BCUT2D eigenvalue weighted by atomic mass is 32.1. The predicted octanol–water partition coefficient (Wildman–Crippen LogP) is 5.24. The lowest BCUT2D eigenvalue weighted by Gasteiger charge is -2.36. The Bertz CT molecular complexity index is 993. The zero-order valence-electron chi connectivity index (χ0n) is 17.8. The zero-order chi connectivity index (χ0) is 20.3. The number of ether oxygens (including phenoxy) is 1. The van der Waals surface area contributed by atoms with Crippen LogP contribution in [0.1, 0.15) is 25.3 Å². The largest absolute Gasteiger partial charge is 0.493 e. The molecule has 5 heteroatoms. The van der Waals surface area contributed by atoms with E-state index >= 15 is 0 Å². The molecular weight excluding hydrogens is 390 g/mol. The molecule has 0 aliphatic carbocycles. The maximum atomic E-state index is 6.05. The third kappa shape index (κ3) is 4.28. The molecule has 3 aromatic rings. The monoisotopic (exact) mass is 421 g/mol. The van der Waals surface area contributed by atoms with Gasteiger partial charge in [0, 0.05) is 66.3 Å². The van der Waals surface area contributed by atoms with E-state index in [4.69, 9.17) is 4.74 Å². The molecule has 0 radical (unpaired) electrons. The number of hydrogen-bond donors (Lipinski definition) is 1. The molecule has 1 atom stereocenters. The molecule has 158 valence electrons. The van der Waals surface area contributed by atoms with Crippen molar-refractivity contribution in [3.63, 3.8) is 0 Å². The molecule has 1 fully saturated rings. The summed E-state index contributed by atoms with van der Waals surface area (Å²) in [5, 5.41) is 7.18. The summed E-state index contributed by atoms with van der Waals surface area (Å²) in [6.45, 7) is 8.59. The Morgan fingerprint density at radius 3 is 2.90 bits per heavy atom. The average Bonchev–Trinajstić information content (AvgIpc) is 3.26. The Balaban J connectivity index is 1.07. The molecular formula is C25H31N3OS. The summed E-state index contributed by atoms with van der Waals surface area (Å²) in [5.41, 5.74) is 4.06. The van der Waals surface area contributed by atoms with Crippen LogP contribution in [0, 0.1) is 0 Å². The first kappa shape index (κ1) is 19.7. The third-order valence-corrected chi connectivity index (χ3v) is 7.29. The summed E-state index contributed by atoms with van der Waals surface area (Å²) in [6.07, 6.45) is 3.45. The van der Waals surface area contributed by atoms with Crippen molar-refractivity contribution in [2.24, 2.45) is 0 Å². The van der Waals surface area contributed by atoms with Gasteiger partial charge in [-0.25, -0.2) is 0 Å². The van der Waals surface area contributed by atoms with Crippen LogP contribution in [0.25, 0.3) is 10.1 Å². The van der Waals surface area contributed by atoms with Gasteiger partial charge in [0.25, 0.3) is 0 Å². The number of rotatable bonds is 6. The SMILES string of the molecule is CC1CCc2ccc(OCCCN3CCN(c4cccc5sccc45)CC3)cc2N1. The maximum absolute atomic E-state index is 6.05. The second-order valence-corrected chi connectivity index (χ2v) is 9.49. The lowest BCUT2D eigenvalue weighted by molar-refractivity contribution is 0.225. The molecule has 5 rings (SSSR count). The Hall–Kier alpha value is -2.24. The number of piperazine rings is 1. The van der Waals surface area contributed by atoms with Crippen molar-refractivity contribution in [1.29, 1.82) is 0 Å². The molecule has 0 spiro atoms. The average molecular weight is 422 g/mol. The molecule has 0 bridgehead atoms. The van der Waals surface area contributed by atoms with Crippen molar-refractivity contribution in [3.8, 4) is 5.75 Å².